The molecule has 0 saturated heterocycles. The number of nitro groups is 1. The van der Waals surface area contributed by atoms with Gasteiger partial charge in [0.05, 0.1) is 10.5 Å². The van der Waals surface area contributed by atoms with E-state index in [9.17, 15) is 19.3 Å². The SMILES string of the molecule is O=C(NCCc1ncno1)c1cc([N+](=O)[O-])ccc1F. The Labute approximate surface area is 111 Å². The second-order valence-corrected chi connectivity index (χ2v) is 3.76. The van der Waals surface area contributed by atoms with Crippen molar-refractivity contribution in [3.8, 4) is 0 Å². The first-order chi connectivity index (χ1) is 9.58. The van der Waals surface area contributed by atoms with Crippen LogP contribution in [0.3, 0.4) is 0 Å². The molecule has 0 spiro atoms. The number of carbonyl (C=O) groups is 1. The number of nitrogens with zero attached hydrogens (tertiary/aromatic N) is 3. The third-order valence-electron chi connectivity index (χ3n) is 2.44. The lowest BCUT2D eigenvalue weighted by molar-refractivity contribution is -0.384. The molecule has 1 N–H and O–H groups in total. The minimum atomic E-state index is -0.828. The van der Waals surface area contributed by atoms with Crippen molar-refractivity contribution in [2.45, 2.75) is 6.42 Å². The van der Waals surface area contributed by atoms with E-state index in [0.717, 1.165) is 18.2 Å². The first-order valence-corrected chi connectivity index (χ1v) is 5.55. The standard InChI is InChI=1S/C11H9FN4O4/c12-9-2-1-7(16(18)19)5-8(9)11(17)13-4-3-10-14-6-15-20-10/h1-2,5-6H,3-4H2,(H,13,17). The van der Waals surface area contributed by atoms with Gasteiger partial charge in [-0.25, -0.2) is 4.39 Å². The zero-order valence-electron chi connectivity index (χ0n) is 10.1. The molecule has 0 radical (unpaired) electrons. The number of nitrogens with one attached hydrogen (secondary N) is 1. The van der Waals surface area contributed by atoms with E-state index >= 15 is 0 Å². The first kappa shape index (κ1) is 13.6. The third-order valence-corrected chi connectivity index (χ3v) is 2.44. The fourth-order valence-electron chi connectivity index (χ4n) is 1.49. The van der Waals surface area contributed by atoms with Crippen LogP contribution in [0.15, 0.2) is 29.0 Å². The summed E-state index contributed by atoms with van der Waals surface area (Å²) in [4.78, 5) is 25.4. The highest BCUT2D eigenvalue weighted by Gasteiger charge is 2.16. The quantitative estimate of drug-likeness (QED) is 0.648. The Morgan fingerprint density at radius 3 is 2.95 bits per heavy atom. The van der Waals surface area contributed by atoms with Crippen molar-refractivity contribution >= 4 is 11.6 Å². The average molecular weight is 280 g/mol. The van der Waals surface area contributed by atoms with E-state index in [1.807, 2.05) is 0 Å². The highest BCUT2D eigenvalue weighted by atomic mass is 19.1. The lowest BCUT2D eigenvalue weighted by Gasteiger charge is -2.04. The molecule has 0 aliphatic carbocycles. The zero-order chi connectivity index (χ0) is 14.5. The predicted octanol–water partition coefficient (Wildman–Crippen LogP) is 1.09. The number of carbonyl (C=O) groups excluding carboxylic acids is 1. The van der Waals surface area contributed by atoms with Crippen LogP contribution in [0.2, 0.25) is 0 Å². The molecular weight excluding hydrogens is 271 g/mol. The molecule has 2 rings (SSSR count). The first-order valence-electron chi connectivity index (χ1n) is 5.55. The largest absolute Gasteiger partial charge is 0.351 e. The van der Waals surface area contributed by atoms with Gasteiger partial charge in [0.1, 0.15) is 5.82 Å². The lowest BCUT2D eigenvalue weighted by atomic mass is 10.1. The van der Waals surface area contributed by atoms with Crippen molar-refractivity contribution in [2.24, 2.45) is 0 Å². The molecule has 104 valence electrons. The summed E-state index contributed by atoms with van der Waals surface area (Å²) in [6.45, 7) is 0.142. The van der Waals surface area contributed by atoms with Gasteiger partial charge in [-0.1, -0.05) is 5.16 Å². The van der Waals surface area contributed by atoms with Crippen LogP contribution in [-0.2, 0) is 6.42 Å². The van der Waals surface area contributed by atoms with Gasteiger partial charge in [0.15, 0.2) is 6.33 Å². The van der Waals surface area contributed by atoms with Gasteiger partial charge in [0.25, 0.3) is 11.6 Å². The van der Waals surface area contributed by atoms with E-state index in [1.54, 1.807) is 0 Å². The molecule has 0 fully saturated rings. The molecule has 2 aromatic rings. The summed E-state index contributed by atoms with van der Waals surface area (Å²) in [6, 6.07) is 2.76. The normalized spacial score (nSPS) is 10.2. The molecule has 1 aromatic carbocycles. The molecule has 1 heterocycles. The molecule has 0 unspecified atom stereocenters. The van der Waals surface area contributed by atoms with Crippen LogP contribution in [0.5, 0.6) is 0 Å². The zero-order valence-corrected chi connectivity index (χ0v) is 10.1. The number of hydrogen-bond donors (Lipinski definition) is 1. The summed E-state index contributed by atoms with van der Waals surface area (Å²) in [5.41, 5.74) is -0.738. The van der Waals surface area contributed by atoms with Gasteiger partial charge in [-0.3, -0.25) is 14.9 Å². The molecule has 20 heavy (non-hydrogen) atoms. The summed E-state index contributed by atoms with van der Waals surface area (Å²) >= 11 is 0. The molecule has 0 saturated carbocycles. The Kier molecular flexibility index (Phi) is 3.99. The number of rotatable bonds is 5. The van der Waals surface area contributed by atoms with Gasteiger partial charge < -0.3 is 9.84 Å². The van der Waals surface area contributed by atoms with Crippen LogP contribution in [-0.4, -0.2) is 27.5 Å². The summed E-state index contributed by atoms with van der Waals surface area (Å²) in [7, 11) is 0. The number of halogens is 1. The average Bonchev–Trinajstić information content (AvgIpc) is 2.92. The van der Waals surface area contributed by atoms with Gasteiger partial charge in [-0.15, -0.1) is 0 Å². The van der Waals surface area contributed by atoms with E-state index < -0.39 is 16.6 Å². The van der Waals surface area contributed by atoms with E-state index in [2.05, 4.69) is 15.5 Å². The predicted molar refractivity (Wildman–Crippen MR) is 63.4 cm³/mol. The van der Waals surface area contributed by atoms with Crippen molar-refractivity contribution in [3.05, 3.63) is 51.9 Å². The van der Waals surface area contributed by atoms with Crippen LogP contribution in [0.25, 0.3) is 0 Å². The van der Waals surface area contributed by atoms with Gasteiger partial charge in [-0.05, 0) is 6.07 Å². The Balaban J connectivity index is 2.01. The molecule has 0 atom stereocenters. The lowest BCUT2D eigenvalue weighted by Crippen LogP contribution is -2.26. The van der Waals surface area contributed by atoms with Crippen LogP contribution >= 0.6 is 0 Å². The molecule has 9 heteroatoms. The van der Waals surface area contributed by atoms with Crippen molar-refractivity contribution in [2.75, 3.05) is 6.54 Å². The number of amides is 1. The van der Waals surface area contributed by atoms with Crippen molar-refractivity contribution in [1.82, 2.24) is 15.5 Å². The Hall–Kier alpha value is -2.84. The maximum Gasteiger partial charge on any atom is 0.270 e. The molecular formula is C11H9FN4O4. The van der Waals surface area contributed by atoms with E-state index in [0.29, 0.717) is 5.89 Å². The number of non-ortho nitro benzene ring substituents is 1. The highest BCUT2D eigenvalue weighted by Crippen LogP contribution is 2.16. The number of aromatic nitrogens is 2. The van der Waals surface area contributed by atoms with Crippen molar-refractivity contribution in [1.29, 1.82) is 0 Å². The second-order valence-electron chi connectivity index (χ2n) is 3.76. The molecule has 8 nitrogen and oxygen atoms in total. The number of benzene rings is 1. The van der Waals surface area contributed by atoms with Gasteiger partial charge >= 0.3 is 0 Å². The van der Waals surface area contributed by atoms with E-state index in [4.69, 9.17) is 4.52 Å². The second kappa shape index (κ2) is 5.87. The van der Waals surface area contributed by atoms with Gasteiger partial charge in [0, 0.05) is 25.1 Å². The molecule has 0 aliphatic heterocycles. The summed E-state index contributed by atoms with van der Waals surface area (Å²) < 4.78 is 18.2. The minimum Gasteiger partial charge on any atom is -0.351 e. The molecule has 0 aliphatic rings. The number of nitro benzene ring substituents is 1. The van der Waals surface area contributed by atoms with Crippen LogP contribution < -0.4 is 5.32 Å². The van der Waals surface area contributed by atoms with Crippen LogP contribution in [0.1, 0.15) is 16.2 Å². The topological polar surface area (TPSA) is 111 Å². The van der Waals surface area contributed by atoms with Crippen LogP contribution in [0, 0.1) is 15.9 Å². The minimum absolute atomic E-state index is 0.142. The maximum absolute atomic E-state index is 13.5. The van der Waals surface area contributed by atoms with E-state index in [1.165, 1.54) is 6.33 Å². The van der Waals surface area contributed by atoms with Gasteiger partial charge in [-0.2, -0.15) is 4.98 Å². The maximum atomic E-state index is 13.5. The van der Waals surface area contributed by atoms with E-state index in [-0.39, 0.29) is 24.2 Å². The molecule has 1 aromatic heterocycles. The smallest absolute Gasteiger partial charge is 0.270 e. The fraction of sp³-hybridized carbons (Fsp3) is 0.182. The monoisotopic (exact) mass is 280 g/mol. The van der Waals surface area contributed by atoms with Crippen molar-refractivity contribution in [3.63, 3.8) is 0 Å². The van der Waals surface area contributed by atoms with Crippen molar-refractivity contribution < 1.29 is 18.6 Å². The molecule has 1 amide bonds. The Morgan fingerprint density at radius 2 is 2.30 bits per heavy atom. The number of hydrogen-bond acceptors (Lipinski definition) is 6. The van der Waals surface area contributed by atoms with Gasteiger partial charge in [0.2, 0.25) is 5.89 Å². The third kappa shape index (κ3) is 3.13. The summed E-state index contributed by atoms with van der Waals surface area (Å²) in [6.07, 6.45) is 1.50. The summed E-state index contributed by atoms with van der Waals surface area (Å²) in [5.74, 6) is -1.25. The summed E-state index contributed by atoms with van der Waals surface area (Å²) in [5, 5.41) is 16.4. The highest BCUT2D eigenvalue weighted by molar-refractivity contribution is 5.95. The Morgan fingerprint density at radius 1 is 1.50 bits per heavy atom. The van der Waals surface area contributed by atoms with Crippen LogP contribution in [0.4, 0.5) is 10.1 Å². The Bertz CT molecular complexity index is 629. The molecule has 0 bridgehead atoms. The fourth-order valence-corrected chi connectivity index (χ4v) is 1.49.